The van der Waals surface area contributed by atoms with Gasteiger partial charge in [-0.25, -0.2) is 13.4 Å². The second kappa shape index (κ2) is 5.96. The molecular formula is C11H7BrClN3O4S. The average molecular weight is 393 g/mol. The van der Waals surface area contributed by atoms with Gasteiger partial charge >= 0.3 is 0 Å². The van der Waals surface area contributed by atoms with E-state index in [1.54, 1.807) is 0 Å². The van der Waals surface area contributed by atoms with E-state index in [2.05, 4.69) is 25.6 Å². The summed E-state index contributed by atoms with van der Waals surface area (Å²) in [5.74, 6) is 0. The molecule has 10 heteroatoms. The number of halogens is 2. The summed E-state index contributed by atoms with van der Waals surface area (Å²) in [5, 5.41) is 10.9. The molecule has 0 bridgehead atoms. The summed E-state index contributed by atoms with van der Waals surface area (Å²) in [4.78, 5) is 13.8. The summed E-state index contributed by atoms with van der Waals surface area (Å²) in [5.41, 5.74) is -0.180. The quantitative estimate of drug-likeness (QED) is 0.489. The Morgan fingerprint density at radius 2 is 2.00 bits per heavy atom. The maximum absolute atomic E-state index is 12.1. The zero-order valence-electron chi connectivity index (χ0n) is 10.2. The van der Waals surface area contributed by atoms with Crippen LogP contribution in [0.2, 0.25) is 5.15 Å². The Bertz CT molecular complexity index is 813. The maximum atomic E-state index is 12.1. The Hall–Kier alpha value is -1.71. The van der Waals surface area contributed by atoms with Crippen LogP contribution in [-0.4, -0.2) is 18.3 Å². The molecule has 0 unspecified atom stereocenters. The molecule has 0 atom stereocenters. The van der Waals surface area contributed by atoms with E-state index in [0.717, 1.165) is 6.07 Å². The monoisotopic (exact) mass is 391 g/mol. The van der Waals surface area contributed by atoms with Crippen molar-refractivity contribution in [3.8, 4) is 0 Å². The third-order valence-electron chi connectivity index (χ3n) is 2.40. The topological polar surface area (TPSA) is 102 Å². The molecule has 0 aliphatic carbocycles. The molecule has 0 aliphatic heterocycles. The van der Waals surface area contributed by atoms with Crippen molar-refractivity contribution in [2.75, 3.05) is 4.72 Å². The van der Waals surface area contributed by atoms with Crippen molar-refractivity contribution >= 4 is 48.9 Å². The lowest BCUT2D eigenvalue weighted by atomic mass is 10.3. The first kappa shape index (κ1) is 15.7. The first-order chi connectivity index (χ1) is 9.79. The molecule has 2 aromatic rings. The number of hydrogen-bond acceptors (Lipinski definition) is 5. The molecule has 21 heavy (non-hydrogen) atoms. The fourth-order valence-corrected chi connectivity index (χ4v) is 3.17. The number of nitro groups is 1. The van der Waals surface area contributed by atoms with Gasteiger partial charge in [-0.1, -0.05) is 11.6 Å². The van der Waals surface area contributed by atoms with Crippen molar-refractivity contribution < 1.29 is 13.3 Å². The maximum Gasteiger partial charge on any atom is 0.285 e. The summed E-state index contributed by atoms with van der Waals surface area (Å²) >= 11 is 8.66. The predicted octanol–water partition coefficient (Wildman–Crippen LogP) is 3.21. The third-order valence-corrected chi connectivity index (χ3v) is 4.66. The molecular weight excluding hydrogens is 386 g/mol. The highest BCUT2D eigenvalue weighted by molar-refractivity contribution is 9.10. The molecule has 0 saturated carbocycles. The molecule has 0 aliphatic rings. The third kappa shape index (κ3) is 3.69. The van der Waals surface area contributed by atoms with Crippen molar-refractivity contribution in [1.82, 2.24) is 4.98 Å². The summed E-state index contributed by atoms with van der Waals surface area (Å²) < 4.78 is 26.8. The number of nitro benzene ring substituents is 1. The first-order valence-corrected chi connectivity index (χ1v) is 8.03. The van der Waals surface area contributed by atoms with Gasteiger partial charge in [0.1, 0.15) is 5.15 Å². The largest absolute Gasteiger partial charge is 0.285 e. The lowest BCUT2D eigenvalue weighted by molar-refractivity contribution is -0.385. The Labute approximate surface area is 133 Å². The molecule has 0 fully saturated rings. The van der Waals surface area contributed by atoms with E-state index in [0.29, 0.717) is 0 Å². The number of benzene rings is 1. The summed E-state index contributed by atoms with van der Waals surface area (Å²) in [6, 6.07) is 6.34. The molecule has 1 aromatic heterocycles. The summed E-state index contributed by atoms with van der Waals surface area (Å²) in [6.45, 7) is 0. The van der Waals surface area contributed by atoms with Gasteiger partial charge < -0.3 is 0 Å². The predicted molar refractivity (Wildman–Crippen MR) is 80.9 cm³/mol. The highest BCUT2D eigenvalue weighted by Gasteiger charge is 2.18. The van der Waals surface area contributed by atoms with Crippen molar-refractivity contribution in [1.29, 1.82) is 0 Å². The van der Waals surface area contributed by atoms with Crippen LogP contribution in [0.3, 0.4) is 0 Å². The van der Waals surface area contributed by atoms with Gasteiger partial charge in [-0.3, -0.25) is 14.8 Å². The van der Waals surface area contributed by atoms with Gasteiger partial charge in [-0.15, -0.1) is 0 Å². The molecule has 1 aromatic carbocycles. The SMILES string of the molecule is O=[N+]([O-])c1cc(NS(=O)(=O)c2ccnc(Cl)c2)ccc1Br. The first-order valence-electron chi connectivity index (χ1n) is 5.38. The Kier molecular flexibility index (Phi) is 4.45. The van der Waals surface area contributed by atoms with Crippen molar-refractivity contribution in [2.24, 2.45) is 0 Å². The van der Waals surface area contributed by atoms with E-state index in [9.17, 15) is 18.5 Å². The second-order valence-electron chi connectivity index (χ2n) is 3.84. The number of pyridine rings is 1. The normalized spacial score (nSPS) is 11.1. The molecule has 0 amide bonds. The fourth-order valence-electron chi connectivity index (χ4n) is 1.48. The van der Waals surface area contributed by atoms with E-state index in [4.69, 9.17) is 11.6 Å². The number of sulfonamides is 1. The fraction of sp³-hybridized carbons (Fsp3) is 0. The molecule has 0 spiro atoms. The number of nitrogens with one attached hydrogen (secondary N) is 1. The van der Waals surface area contributed by atoms with Crippen LogP contribution in [0, 0.1) is 10.1 Å². The van der Waals surface area contributed by atoms with Crippen LogP contribution in [0.5, 0.6) is 0 Å². The van der Waals surface area contributed by atoms with Crippen molar-refractivity contribution in [3.63, 3.8) is 0 Å². The van der Waals surface area contributed by atoms with Gasteiger partial charge in [0.2, 0.25) is 0 Å². The van der Waals surface area contributed by atoms with Gasteiger partial charge in [-0.05, 0) is 40.2 Å². The Morgan fingerprint density at radius 1 is 1.29 bits per heavy atom. The van der Waals surface area contributed by atoms with E-state index in [1.807, 2.05) is 0 Å². The Morgan fingerprint density at radius 3 is 2.62 bits per heavy atom. The van der Waals surface area contributed by atoms with Crippen LogP contribution in [0.25, 0.3) is 0 Å². The van der Waals surface area contributed by atoms with Crippen LogP contribution in [0.15, 0.2) is 45.9 Å². The minimum Gasteiger partial charge on any atom is -0.279 e. The van der Waals surface area contributed by atoms with E-state index < -0.39 is 14.9 Å². The molecule has 1 N–H and O–H groups in total. The highest BCUT2D eigenvalue weighted by Crippen LogP contribution is 2.29. The zero-order chi connectivity index (χ0) is 15.6. The van der Waals surface area contributed by atoms with Gasteiger partial charge in [0.05, 0.1) is 20.0 Å². The summed E-state index contributed by atoms with van der Waals surface area (Å²) in [7, 11) is -3.90. The van der Waals surface area contributed by atoms with E-state index >= 15 is 0 Å². The van der Waals surface area contributed by atoms with Crippen LogP contribution >= 0.6 is 27.5 Å². The Balaban J connectivity index is 2.37. The molecule has 110 valence electrons. The van der Waals surface area contributed by atoms with Gasteiger partial charge in [0, 0.05) is 12.3 Å². The number of aromatic nitrogens is 1. The second-order valence-corrected chi connectivity index (χ2v) is 6.77. The number of rotatable bonds is 4. The zero-order valence-corrected chi connectivity index (χ0v) is 13.3. The summed E-state index contributed by atoms with van der Waals surface area (Å²) in [6.07, 6.45) is 1.25. The van der Waals surface area contributed by atoms with Crippen LogP contribution < -0.4 is 4.72 Å². The number of nitrogens with zero attached hydrogens (tertiary/aromatic N) is 2. The lowest BCUT2D eigenvalue weighted by Gasteiger charge is -2.08. The van der Waals surface area contributed by atoms with Gasteiger partial charge in [0.15, 0.2) is 0 Å². The molecule has 7 nitrogen and oxygen atoms in total. The smallest absolute Gasteiger partial charge is 0.279 e. The standard InChI is InChI=1S/C11H7BrClN3O4S/c12-9-2-1-7(5-10(9)16(17)18)15-21(19,20)8-3-4-14-11(13)6-8/h1-6,15H. The highest BCUT2D eigenvalue weighted by atomic mass is 79.9. The van der Waals surface area contributed by atoms with Crippen molar-refractivity contribution in [2.45, 2.75) is 4.90 Å². The van der Waals surface area contributed by atoms with Crippen LogP contribution in [0.4, 0.5) is 11.4 Å². The van der Waals surface area contributed by atoms with Crippen LogP contribution in [0.1, 0.15) is 0 Å². The van der Waals surface area contributed by atoms with Gasteiger partial charge in [0.25, 0.3) is 15.7 Å². The average Bonchev–Trinajstić information content (AvgIpc) is 2.40. The molecule has 2 rings (SSSR count). The minimum absolute atomic E-state index is 0.0275. The minimum atomic E-state index is -3.90. The van der Waals surface area contributed by atoms with E-state index in [-0.39, 0.29) is 25.9 Å². The number of anilines is 1. The molecule has 0 saturated heterocycles. The molecule has 0 radical (unpaired) electrons. The molecule has 1 heterocycles. The van der Waals surface area contributed by atoms with Crippen LogP contribution in [-0.2, 0) is 10.0 Å². The van der Waals surface area contributed by atoms with Crippen molar-refractivity contribution in [3.05, 3.63) is 56.3 Å². The van der Waals surface area contributed by atoms with E-state index in [1.165, 1.54) is 30.5 Å². The lowest BCUT2D eigenvalue weighted by Crippen LogP contribution is -2.13. The number of hydrogen-bond donors (Lipinski definition) is 1. The van der Waals surface area contributed by atoms with Gasteiger partial charge in [-0.2, -0.15) is 0 Å².